The van der Waals surface area contributed by atoms with Crippen molar-refractivity contribution in [1.82, 2.24) is 0 Å². The van der Waals surface area contributed by atoms with E-state index >= 15 is 0 Å². The van der Waals surface area contributed by atoms with Crippen LogP contribution in [0.3, 0.4) is 0 Å². The van der Waals surface area contributed by atoms with Gasteiger partial charge in [0.05, 0.1) is 19.6 Å². The first-order chi connectivity index (χ1) is 17.5. The van der Waals surface area contributed by atoms with Crippen LogP contribution in [0.25, 0.3) is 0 Å². The molecule has 0 atom stereocenters. The van der Waals surface area contributed by atoms with Crippen molar-refractivity contribution in [3.05, 3.63) is 95.8 Å². The summed E-state index contributed by atoms with van der Waals surface area (Å²) >= 11 is 0. The number of sulfone groups is 2. The Bertz CT molecular complexity index is 1710. The molecule has 0 saturated carbocycles. The van der Waals surface area contributed by atoms with Gasteiger partial charge in [0.25, 0.3) is 20.0 Å². The number of hydrogen-bond acceptors (Lipinski definition) is 8. The molecule has 0 aromatic heterocycles. The molecule has 0 bridgehead atoms. The third kappa shape index (κ3) is 6.15. The van der Waals surface area contributed by atoms with Gasteiger partial charge >= 0.3 is 0 Å². The van der Waals surface area contributed by atoms with E-state index < -0.39 is 39.7 Å². The molecule has 0 radical (unpaired) electrons. The molecular weight excluding hydrogens is 573 g/mol. The van der Waals surface area contributed by atoms with E-state index in [1.807, 2.05) is 0 Å². The maximum atomic E-state index is 13.1. The van der Waals surface area contributed by atoms with Crippen molar-refractivity contribution in [2.45, 2.75) is 33.4 Å². The van der Waals surface area contributed by atoms with Gasteiger partial charge in [-0.3, -0.25) is 9.44 Å². The van der Waals surface area contributed by atoms with E-state index in [0.717, 1.165) is 16.9 Å². The molecule has 0 aliphatic carbocycles. The molecule has 10 nitrogen and oxygen atoms in total. The van der Waals surface area contributed by atoms with E-state index in [4.69, 9.17) is 0 Å². The molecule has 0 aliphatic rings. The highest BCUT2D eigenvalue weighted by Crippen LogP contribution is 2.28. The van der Waals surface area contributed by atoms with Crippen LogP contribution in [0.4, 0.5) is 11.4 Å². The van der Waals surface area contributed by atoms with Crippen LogP contribution >= 0.6 is 0 Å². The van der Waals surface area contributed by atoms with Crippen molar-refractivity contribution in [3.63, 3.8) is 0 Å². The highest BCUT2D eigenvalue weighted by molar-refractivity contribution is 7.94. The molecule has 0 unspecified atom stereocenters. The zero-order valence-electron chi connectivity index (χ0n) is 20.2. The van der Waals surface area contributed by atoms with Gasteiger partial charge in [-0.15, -0.1) is 0 Å². The van der Waals surface area contributed by atoms with Gasteiger partial charge in [-0.2, -0.15) is 0 Å². The monoisotopic (exact) mass is 596 g/mol. The molecule has 202 valence electrons. The zero-order valence-corrected chi connectivity index (χ0v) is 23.5. The molecule has 3 aromatic rings. The maximum absolute atomic E-state index is 13.1. The van der Waals surface area contributed by atoms with Crippen molar-refractivity contribution < 1.29 is 33.7 Å². The zero-order chi connectivity index (χ0) is 28.5. The topological polar surface area (TPSA) is 161 Å². The highest BCUT2D eigenvalue weighted by Gasteiger charge is 2.25. The molecule has 0 spiro atoms. The lowest BCUT2D eigenvalue weighted by molar-refractivity contribution is 0.597. The van der Waals surface area contributed by atoms with E-state index in [2.05, 4.69) is 22.6 Å². The van der Waals surface area contributed by atoms with Gasteiger partial charge in [-0.25, -0.2) is 33.7 Å². The molecule has 0 heterocycles. The van der Waals surface area contributed by atoms with E-state index in [1.54, 1.807) is 0 Å². The fourth-order valence-corrected chi connectivity index (χ4v) is 7.55. The summed E-state index contributed by atoms with van der Waals surface area (Å²) in [6.45, 7) is 9.48. The number of hydrogen-bond donors (Lipinski definition) is 2. The Morgan fingerprint density at radius 3 is 1.16 bits per heavy atom. The predicted octanol–water partition coefficient (Wildman–Crippen LogP) is 3.74. The SMILES string of the molecule is C=CS(=O)(=O)c1ccc(NS(=O)(=O)c2cc(S(=O)(=O)Nc3ccc(S(=O)(=O)C=C)cc3)c(C)cc2C)cc1. The van der Waals surface area contributed by atoms with Crippen LogP contribution in [0.1, 0.15) is 11.1 Å². The summed E-state index contributed by atoms with van der Waals surface area (Å²) in [7, 11) is -16.0. The van der Waals surface area contributed by atoms with Gasteiger partial charge in [0.1, 0.15) is 0 Å². The van der Waals surface area contributed by atoms with Crippen LogP contribution in [0, 0.1) is 13.8 Å². The fraction of sp³-hybridized carbons (Fsp3) is 0.0833. The van der Waals surface area contributed by atoms with Gasteiger partial charge < -0.3 is 0 Å². The predicted molar refractivity (Wildman–Crippen MR) is 145 cm³/mol. The van der Waals surface area contributed by atoms with Crippen LogP contribution in [0.15, 0.2) is 104 Å². The Labute approximate surface area is 222 Å². The van der Waals surface area contributed by atoms with E-state index in [1.165, 1.54) is 68.4 Å². The summed E-state index contributed by atoms with van der Waals surface area (Å²) in [4.78, 5) is -0.759. The molecule has 0 amide bonds. The Kier molecular flexibility index (Phi) is 7.94. The van der Waals surface area contributed by atoms with Crippen molar-refractivity contribution in [3.8, 4) is 0 Å². The van der Waals surface area contributed by atoms with E-state index in [-0.39, 0.29) is 42.1 Å². The minimum Gasteiger partial charge on any atom is -0.280 e. The molecule has 0 saturated heterocycles. The Morgan fingerprint density at radius 2 is 0.868 bits per heavy atom. The summed E-state index contributed by atoms with van der Waals surface area (Å²) in [6, 6.07) is 12.3. The van der Waals surface area contributed by atoms with Crippen LogP contribution in [-0.2, 0) is 39.7 Å². The van der Waals surface area contributed by atoms with Gasteiger partial charge in [-0.1, -0.05) is 19.2 Å². The summed E-state index contributed by atoms with van der Waals surface area (Å²) in [5.41, 5.74) is 0.674. The number of rotatable bonds is 10. The van der Waals surface area contributed by atoms with Crippen molar-refractivity contribution in [2.24, 2.45) is 0 Å². The Hall–Kier alpha value is -3.46. The molecule has 38 heavy (non-hydrogen) atoms. The number of anilines is 2. The van der Waals surface area contributed by atoms with Gasteiger partial charge in [-0.05, 0) is 79.6 Å². The van der Waals surface area contributed by atoms with E-state index in [0.29, 0.717) is 0 Å². The van der Waals surface area contributed by atoms with Crippen molar-refractivity contribution in [2.75, 3.05) is 9.44 Å². The van der Waals surface area contributed by atoms with Crippen molar-refractivity contribution in [1.29, 1.82) is 0 Å². The van der Waals surface area contributed by atoms with Crippen LogP contribution in [0.2, 0.25) is 0 Å². The minimum absolute atomic E-state index is 0.0603. The van der Waals surface area contributed by atoms with Gasteiger partial charge in [0, 0.05) is 22.2 Å². The van der Waals surface area contributed by atoms with Gasteiger partial charge in [0.15, 0.2) is 19.7 Å². The number of aryl methyl sites for hydroxylation is 2. The first-order valence-electron chi connectivity index (χ1n) is 10.6. The number of nitrogens with one attached hydrogen (secondary N) is 2. The average Bonchev–Trinajstić information content (AvgIpc) is 2.83. The summed E-state index contributed by atoms with van der Waals surface area (Å²) in [5.74, 6) is 0. The van der Waals surface area contributed by atoms with Crippen LogP contribution < -0.4 is 9.44 Å². The first-order valence-corrected chi connectivity index (χ1v) is 16.7. The largest absolute Gasteiger partial charge is 0.280 e. The minimum atomic E-state index is -4.28. The molecular formula is C24H24N2O8S4. The highest BCUT2D eigenvalue weighted by atomic mass is 32.2. The maximum Gasteiger partial charge on any atom is 0.262 e. The third-order valence-corrected chi connectivity index (χ3v) is 11.1. The molecule has 14 heteroatoms. The Balaban J connectivity index is 1.95. The molecule has 2 N–H and O–H groups in total. The smallest absolute Gasteiger partial charge is 0.262 e. The lowest BCUT2D eigenvalue weighted by Crippen LogP contribution is -2.18. The second-order valence-electron chi connectivity index (χ2n) is 8.07. The van der Waals surface area contributed by atoms with Crippen molar-refractivity contribution >= 4 is 51.1 Å². The average molecular weight is 597 g/mol. The van der Waals surface area contributed by atoms with E-state index in [9.17, 15) is 33.7 Å². The molecule has 0 fully saturated rings. The first kappa shape index (κ1) is 29.1. The third-order valence-electron chi connectivity index (χ3n) is 5.36. The Morgan fingerprint density at radius 1 is 0.553 bits per heavy atom. The molecule has 0 aliphatic heterocycles. The lowest BCUT2D eigenvalue weighted by Gasteiger charge is -2.16. The second kappa shape index (κ2) is 10.4. The normalized spacial score (nSPS) is 12.5. The number of benzene rings is 3. The summed E-state index contributed by atoms with van der Waals surface area (Å²) < 4.78 is 105. The number of sulfonamides is 2. The lowest BCUT2D eigenvalue weighted by atomic mass is 10.2. The van der Waals surface area contributed by atoms with Crippen LogP contribution in [0.5, 0.6) is 0 Å². The second-order valence-corrected chi connectivity index (χ2v) is 15.2. The van der Waals surface area contributed by atoms with Gasteiger partial charge in [0.2, 0.25) is 0 Å². The van der Waals surface area contributed by atoms with Crippen LogP contribution in [-0.4, -0.2) is 33.7 Å². The molecule has 3 aromatic carbocycles. The standard InChI is InChI=1S/C24H24N2O8S4/c1-5-35(27,28)21-11-7-19(8-12-21)25-37(31,32)23-16-24(18(4)15-17(23)3)38(33,34)26-20-9-13-22(14-10-20)36(29,30)6-2/h5-16,25-26H,1-2H2,3-4H3. The quantitative estimate of drug-likeness (QED) is 0.358. The fourth-order valence-electron chi connectivity index (χ4n) is 3.43. The summed E-state index contributed by atoms with van der Waals surface area (Å²) in [6.07, 6.45) is 0. The summed E-state index contributed by atoms with van der Waals surface area (Å²) in [5, 5.41) is 1.55. The molecule has 3 rings (SSSR count).